The number of hydrogen-bond donors (Lipinski definition) is 2. The second-order valence-electron chi connectivity index (χ2n) is 5.17. The minimum Gasteiger partial charge on any atom is -0.409 e. The molecule has 2 rings (SSSR count). The number of nitrogens with two attached hydrogens (primary N) is 1. The van der Waals surface area contributed by atoms with Crippen molar-refractivity contribution < 1.29 is 5.21 Å². The largest absolute Gasteiger partial charge is 0.409 e. The Bertz CT molecular complexity index is 499. The molecule has 2 heterocycles. The number of rotatable bonds is 4. The third-order valence-electron chi connectivity index (χ3n) is 3.88. The number of hydrogen-bond acceptors (Lipinski definition) is 4. The number of piperidine rings is 1. The van der Waals surface area contributed by atoms with Crippen LogP contribution in [-0.2, 0) is 13.1 Å². The van der Waals surface area contributed by atoms with Crippen molar-refractivity contribution in [3.63, 3.8) is 0 Å². The Labute approximate surface area is 124 Å². The molecule has 20 heavy (non-hydrogen) atoms. The molecule has 1 fully saturated rings. The van der Waals surface area contributed by atoms with Crippen LogP contribution in [-0.4, -0.2) is 38.3 Å². The van der Waals surface area contributed by atoms with Crippen LogP contribution in [0.5, 0.6) is 0 Å². The van der Waals surface area contributed by atoms with Gasteiger partial charge in [0.2, 0.25) is 0 Å². The summed E-state index contributed by atoms with van der Waals surface area (Å²) in [5, 5.41) is 17.2. The number of oxime groups is 1. The first-order valence-electron chi connectivity index (χ1n) is 7.01. The average Bonchev–Trinajstić information content (AvgIpc) is 2.74. The molecule has 0 bridgehead atoms. The topological polar surface area (TPSA) is 79.7 Å². The van der Waals surface area contributed by atoms with E-state index < -0.39 is 0 Å². The van der Waals surface area contributed by atoms with Crippen molar-refractivity contribution >= 4 is 17.4 Å². The van der Waals surface area contributed by atoms with E-state index in [1.54, 1.807) is 0 Å². The molecule has 0 aliphatic carbocycles. The SMILES string of the molecule is CCn1nc(C)c(Cl)c1CN1CCCCC1C(N)=NO. The summed E-state index contributed by atoms with van der Waals surface area (Å²) in [5.74, 6) is 0.278. The molecule has 0 aromatic carbocycles. The molecule has 1 saturated heterocycles. The summed E-state index contributed by atoms with van der Waals surface area (Å²) in [5.41, 5.74) is 7.66. The van der Waals surface area contributed by atoms with Gasteiger partial charge < -0.3 is 10.9 Å². The van der Waals surface area contributed by atoms with E-state index in [9.17, 15) is 0 Å². The van der Waals surface area contributed by atoms with Crippen molar-refractivity contribution in [2.45, 2.75) is 52.2 Å². The van der Waals surface area contributed by atoms with Crippen molar-refractivity contribution in [3.8, 4) is 0 Å². The van der Waals surface area contributed by atoms with Gasteiger partial charge in [-0.25, -0.2) is 0 Å². The Hall–Kier alpha value is -1.27. The summed E-state index contributed by atoms with van der Waals surface area (Å²) in [7, 11) is 0. The van der Waals surface area contributed by atoms with Crippen LogP contribution in [0.15, 0.2) is 5.16 Å². The van der Waals surface area contributed by atoms with Gasteiger partial charge in [-0.1, -0.05) is 23.2 Å². The molecule has 6 nitrogen and oxygen atoms in total. The van der Waals surface area contributed by atoms with Crippen LogP contribution in [0.25, 0.3) is 0 Å². The molecule has 7 heteroatoms. The first-order chi connectivity index (χ1) is 9.58. The van der Waals surface area contributed by atoms with E-state index in [1.807, 2.05) is 18.5 Å². The lowest BCUT2D eigenvalue weighted by Gasteiger charge is -2.34. The van der Waals surface area contributed by atoms with Crippen LogP contribution < -0.4 is 5.73 Å². The molecule has 1 atom stereocenters. The van der Waals surface area contributed by atoms with Gasteiger partial charge in [-0.2, -0.15) is 5.10 Å². The molecule has 3 N–H and O–H groups in total. The minimum absolute atomic E-state index is 0.0228. The van der Waals surface area contributed by atoms with E-state index in [-0.39, 0.29) is 11.9 Å². The Morgan fingerprint density at radius 1 is 1.55 bits per heavy atom. The monoisotopic (exact) mass is 299 g/mol. The highest BCUT2D eigenvalue weighted by Gasteiger charge is 2.28. The van der Waals surface area contributed by atoms with Gasteiger partial charge in [-0.3, -0.25) is 9.58 Å². The standard InChI is InChI=1S/C13H22ClN5O/c1-3-19-11(12(14)9(2)16-19)8-18-7-5-4-6-10(18)13(15)17-20/h10,20H,3-8H2,1-2H3,(H2,15,17). The lowest BCUT2D eigenvalue weighted by Crippen LogP contribution is -2.47. The van der Waals surface area contributed by atoms with E-state index in [2.05, 4.69) is 15.2 Å². The molecule has 1 aromatic rings. The van der Waals surface area contributed by atoms with Gasteiger partial charge in [-0.15, -0.1) is 0 Å². The van der Waals surface area contributed by atoms with Gasteiger partial charge in [0, 0.05) is 13.1 Å². The molecule has 1 aromatic heterocycles. The fourth-order valence-corrected chi connectivity index (χ4v) is 2.99. The number of likely N-dealkylation sites (tertiary alicyclic amines) is 1. The Morgan fingerprint density at radius 2 is 2.30 bits per heavy atom. The summed E-state index contributed by atoms with van der Waals surface area (Å²) in [6.45, 7) is 6.34. The minimum atomic E-state index is -0.0228. The van der Waals surface area contributed by atoms with E-state index >= 15 is 0 Å². The highest BCUT2D eigenvalue weighted by Crippen LogP contribution is 2.25. The zero-order valence-electron chi connectivity index (χ0n) is 12.0. The van der Waals surface area contributed by atoms with Gasteiger partial charge in [0.1, 0.15) is 0 Å². The van der Waals surface area contributed by atoms with Crippen LogP contribution in [0.4, 0.5) is 0 Å². The normalized spacial score (nSPS) is 21.4. The van der Waals surface area contributed by atoms with E-state index in [0.29, 0.717) is 6.54 Å². The van der Waals surface area contributed by atoms with Crippen LogP contribution in [0.2, 0.25) is 5.02 Å². The number of nitrogens with zero attached hydrogens (tertiary/aromatic N) is 4. The molecule has 0 spiro atoms. The zero-order valence-corrected chi connectivity index (χ0v) is 12.8. The number of halogens is 1. The lowest BCUT2D eigenvalue weighted by atomic mass is 10.0. The van der Waals surface area contributed by atoms with E-state index in [1.165, 1.54) is 0 Å². The molecule has 1 aliphatic heterocycles. The van der Waals surface area contributed by atoms with Gasteiger partial charge in [-0.05, 0) is 33.2 Å². The zero-order chi connectivity index (χ0) is 14.7. The van der Waals surface area contributed by atoms with Crippen LogP contribution in [0.3, 0.4) is 0 Å². The van der Waals surface area contributed by atoms with Gasteiger partial charge in [0.15, 0.2) is 5.84 Å². The number of aromatic nitrogens is 2. The second kappa shape index (κ2) is 6.45. The van der Waals surface area contributed by atoms with Gasteiger partial charge in [0.05, 0.1) is 22.5 Å². The van der Waals surface area contributed by atoms with Crippen molar-refractivity contribution in [1.29, 1.82) is 0 Å². The maximum Gasteiger partial charge on any atom is 0.156 e. The van der Waals surface area contributed by atoms with Gasteiger partial charge >= 0.3 is 0 Å². The van der Waals surface area contributed by atoms with E-state index in [0.717, 1.165) is 48.8 Å². The van der Waals surface area contributed by atoms with Crippen molar-refractivity contribution in [2.24, 2.45) is 10.9 Å². The highest BCUT2D eigenvalue weighted by molar-refractivity contribution is 6.31. The Kier molecular flexibility index (Phi) is 4.88. The van der Waals surface area contributed by atoms with Crippen LogP contribution in [0, 0.1) is 6.92 Å². The molecule has 112 valence electrons. The van der Waals surface area contributed by atoms with Crippen LogP contribution in [0.1, 0.15) is 37.6 Å². The van der Waals surface area contributed by atoms with Crippen molar-refractivity contribution in [2.75, 3.05) is 6.54 Å². The maximum absolute atomic E-state index is 8.92. The third kappa shape index (κ3) is 2.91. The quantitative estimate of drug-likeness (QED) is 0.385. The predicted molar refractivity (Wildman–Crippen MR) is 79.1 cm³/mol. The van der Waals surface area contributed by atoms with Crippen molar-refractivity contribution in [3.05, 3.63) is 16.4 Å². The molecule has 0 radical (unpaired) electrons. The maximum atomic E-state index is 8.92. The number of amidine groups is 1. The summed E-state index contributed by atoms with van der Waals surface area (Å²) in [4.78, 5) is 2.22. The Balaban J connectivity index is 2.23. The van der Waals surface area contributed by atoms with Gasteiger partial charge in [0.25, 0.3) is 0 Å². The smallest absolute Gasteiger partial charge is 0.156 e. The first-order valence-corrected chi connectivity index (χ1v) is 7.39. The lowest BCUT2D eigenvalue weighted by molar-refractivity contribution is 0.173. The first kappa shape index (κ1) is 15.1. The van der Waals surface area contributed by atoms with E-state index in [4.69, 9.17) is 22.5 Å². The molecule has 0 amide bonds. The molecular formula is C13H22ClN5O. The summed E-state index contributed by atoms with van der Waals surface area (Å²) in [6.07, 6.45) is 3.12. The molecule has 1 aliphatic rings. The summed E-state index contributed by atoms with van der Waals surface area (Å²) < 4.78 is 1.93. The summed E-state index contributed by atoms with van der Waals surface area (Å²) >= 11 is 6.35. The summed E-state index contributed by atoms with van der Waals surface area (Å²) in [6, 6.07) is -0.0228. The predicted octanol–water partition coefficient (Wildman–Crippen LogP) is 1.97. The van der Waals surface area contributed by atoms with Crippen LogP contribution >= 0.6 is 11.6 Å². The second-order valence-corrected chi connectivity index (χ2v) is 5.55. The highest BCUT2D eigenvalue weighted by atomic mass is 35.5. The third-order valence-corrected chi connectivity index (χ3v) is 4.37. The fourth-order valence-electron chi connectivity index (χ4n) is 2.79. The Morgan fingerprint density at radius 3 is 2.95 bits per heavy atom. The molecular weight excluding hydrogens is 278 g/mol. The average molecular weight is 300 g/mol. The number of aryl methyl sites for hydroxylation is 2. The fraction of sp³-hybridized carbons (Fsp3) is 0.692. The molecule has 1 unspecified atom stereocenters. The van der Waals surface area contributed by atoms with Crippen molar-refractivity contribution in [1.82, 2.24) is 14.7 Å². The molecule has 0 saturated carbocycles.